The second-order valence-corrected chi connectivity index (χ2v) is 6.33. The molecule has 20 heavy (non-hydrogen) atoms. The van der Waals surface area contributed by atoms with E-state index in [2.05, 4.69) is 31.9 Å². The average Bonchev–Trinajstić information content (AvgIpc) is 2.40. The lowest BCUT2D eigenvalue weighted by Gasteiger charge is -2.18. The Labute approximate surface area is 138 Å². The molecule has 6 heteroatoms. The zero-order valence-electron chi connectivity index (χ0n) is 10.5. The quantitative estimate of drug-likeness (QED) is 0.749. The molecule has 0 saturated heterocycles. The van der Waals surface area contributed by atoms with E-state index in [4.69, 9.17) is 22.1 Å². The van der Waals surface area contributed by atoms with Gasteiger partial charge in [0.15, 0.2) is 0 Å². The molecule has 1 unspecified atom stereocenters. The van der Waals surface area contributed by atoms with Crippen molar-refractivity contribution in [3.8, 4) is 5.75 Å². The summed E-state index contributed by atoms with van der Waals surface area (Å²) < 4.78 is 19.9. The van der Waals surface area contributed by atoms with E-state index in [1.54, 1.807) is 12.1 Å². The third-order valence-corrected chi connectivity index (χ3v) is 4.33. The van der Waals surface area contributed by atoms with Crippen LogP contribution >= 0.6 is 43.5 Å². The third kappa shape index (κ3) is 3.17. The van der Waals surface area contributed by atoms with Gasteiger partial charge >= 0.3 is 0 Å². The van der Waals surface area contributed by atoms with E-state index < -0.39 is 11.9 Å². The van der Waals surface area contributed by atoms with E-state index in [0.717, 1.165) is 10.0 Å². The van der Waals surface area contributed by atoms with Crippen molar-refractivity contribution in [2.45, 2.75) is 6.04 Å². The van der Waals surface area contributed by atoms with Crippen molar-refractivity contribution in [3.63, 3.8) is 0 Å². The van der Waals surface area contributed by atoms with Crippen molar-refractivity contribution in [3.05, 3.63) is 61.2 Å². The van der Waals surface area contributed by atoms with Gasteiger partial charge in [0.25, 0.3) is 0 Å². The van der Waals surface area contributed by atoms with Crippen molar-refractivity contribution in [2.24, 2.45) is 5.73 Å². The van der Waals surface area contributed by atoms with Crippen LogP contribution in [0.3, 0.4) is 0 Å². The first-order valence-corrected chi connectivity index (χ1v) is 7.64. The molecule has 106 valence electrons. The first-order valence-electron chi connectivity index (χ1n) is 5.67. The van der Waals surface area contributed by atoms with Crippen LogP contribution in [0.15, 0.2) is 39.3 Å². The van der Waals surface area contributed by atoms with Gasteiger partial charge in [-0.15, -0.1) is 0 Å². The lowest BCUT2D eigenvalue weighted by atomic mass is 9.98. The molecule has 0 spiro atoms. The van der Waals surface area contributed by atoms with E-state index in [1.165, 1.54) is 13.2 Å². The highest BCUT2D eigenvalue weighted by atomic mass is 79.9. The van der Waals surface area contributed by atoms with Crippen molar-refractivity contribution in [1.29, 1.82) is 0 Å². The maximum absolute atomic E-state index is 13.5. The minimum absolute atomic E-state index is 0.331. The maximum atomic E-state index is 13.5. The van der Waals surface area contributed by atoms with E-state index in [-0.39, 0.29) is 0 Å². The zero-order chi connectivity index (χ0) is 14.9. The van der Waals surface area contributed by atoms with Crippen LogP contribution in [0.25, 0.3) is 0 Å². The largest absolute Gasteiger partial charge is 0.496 e. The molecule has 0 amide bonds. The lowest BCUT2D eigenvalue weighted by Crippen LogP contribution is -2.14. The topological polar surface area (TPSA) is 35.2 Å². The second kappa shape index (κ2) is 6.43. The molecule has 2 aromatic carbocycles. The minimum atomic E-state index is -0.512. The minimum Gasteiger partial charge on any atom is -0.496 e. The molecule has 0 saturated carbocycles. The number of rotatable bonds is 3. The molecular weight excluding hydrogens is 412 g/mol. The Morgan fingerprint density at radius 1 is 1.20 bits per heavy atom. The summed E-state index contributed by atoms with van der Waals surface area (Å²) in [5.74, 6) is -0.0168. The molecule has 0 aliphatic heterocycles. The van der Waals surface area contributed by atoms with Crippen LogP contribution in [0, 0.1) is 5.82 Å². The first-order chi connectivity index (χ1) is 9.43. The molecule has 2 N–H and O–H groups in total. The second-order valence-electron chi connectivity index (χ2n) is 4.15. The molecule has 0 heterocycles. The van der Waals surface area contributed by atoms with Crippen LogP contribution in [0.5, 0.6) is 5.75 Å². The molecule has 0 aromatic heterocycles. The normalized spacial score (nSPS) is 12.3. The van der Waals surface area contributed by atoms with Gasteiger partial charge in [-0.1, -0.05) is 33.6 Å². The summed E-state index contributed by atoms with van der Waals surface area (Å²) in [6, 6.07) is 7.84. The number of benzene rings is 2. The van der Waals surface area contributed by atoms with Gasteiger partial charge in [-0.25, -0.2) is 4.39 Å². The molecule has 2 aromatic rings. The molecule has 2 rings (SSSR count). The number of hydrogen-bond acceptors (Lipinski definition) is 2. The Balaban J connectivity index is 2.52. The molecule has 0 bridgehead atoms. The number of nitrogens with two attached hydrogens (primary N) is 1. The summed E-state index contributed by atoms with van der Waals surface area (Å²) in [4.78, 5) is 0. The number of halogens is 4. The van der Waals surface area contributed by atoms with Gasteiger partial charge in [-0.3, -0.25) is 0 Å². The first kappa shape index (κ1) is 15.8. The van der Waals surface area contributed by atoms with Gasteiger partial charge in [-0.2, -0.15) is 0 Å². The van der Waals surface area contributed by atoms with E-state index in [9.17, 15) is 4.39 Å². The predicted molar refractivity (Wildman–Crippen MR) is 85.8 cm³/mol. The monoisotopic (exact) mass is 421 g/mol. The standard InChI is InChI=1S/C14H11Br2ClFNO/c1-20-13-6-12(18)10(16)5-9(13)14(19)8-3-2-7(15)4-11(8)17/h2-6,14H,19H2,1H3. The number of ether oxygens (including phenoxy) is 1. The Kier molecular flexibility index (Phi) is 5.07. The Hall–Kier alpha value is -0.620. The molecule has 0 aliphatic rings. The molecule has 0 radical (unpaired) electrons. The van der Waals surface area contributed by atoms with Crippen LogP contribution in [0.4, 0.5) is 4.39 Å². The Bertz CT molecular complexity index is 651. The van der Waals surface area contributed by atoms with Crippen molar-refractivity contribution < 1.29 is 9.13 Å². The highest BCUT2D eigenvalue weighted by Crippen LogP contribution is 2.35. The van der Waals surface area contributed by atoms with Crippen molar-refractivity contribution >= 4 is 43.5 Å². The summed E-state index contributed by atoms with van der Waals surface area (Å²) in [7, 11) is 1.47. The molecule has 0 aliphatic carbocycles. The van der Waals surface area contributed by atoms with Gasteiger partial charge in [0, 0.05) is 21.1 Å². The van der Waals surface area contributed by atoms with Crippen LogP contribution in [-0.2, 0) is 0 Å². The summed E-state index contributed by atoms with van der Waals surface area (Å²) in [6.45, 7) is 0. The third-order valence-electron chi connectivity index (χ3n) is 2.91. The fourth-order valence-electron chi connectivity index (χ4n) is 1.89. The summed E-state index contributed by atoms with van der Waals surface area (Å²) in [5, 5.41) is 0.536. The average molecular weight is 424 g/mol. The van der Waals surface area contributed by atoms with Gasteiger partial charge in [0.2, 0.25) is 0 Å². The highest BCUT2D eigenvalue weighted by molar-refractivity contribution is 9.10. The molecule has 1 atom stereocenters. The van der Waals surface area contributed by atoms with Gasteiger partial charge < -0.3 is 10.5 Å². The van der Waals surface area contributed by atoms with E-state index in [1.807, 2.05) is 12.1 Å². The molecule has 2 nitrogen and oxygen atoms in total. The maximum Gasteiger partial charge on any atom is 0.141 e. The molecule has 0 fully saturated rings. The van der Waals surface area contributed by atoms with Crippen LogP contribution in [-0.4, -0.2) is 7.11 Å². The zero-order valence-corrected chi connectivity index (χ0v) is 14.4. The lowest BCUT2D eigenvalue weighted by molar-refractivity contribution is 0.404. The van der Waals surface area contributed by atoms with Gasteiger partial charge in [0.1, 0.15) is 11.6 Å². The van der Waals surface area contributed by atoms with E-state index >= 15 is 0 Å². The van der Waals surface area contributed by atoms with Gasteiger partial charge in [0.05, 0.1) is 17.6 Å². The fourth-order valence-corrected chi connectivity index (χ4v) is 3.04. The number of hydrogen-bond donors (Lipinski definition) is 1. The predicted octanol–water partition coefficient (Wildman–Crippen LogP) is 5.06. The number of methoxy groups -OCH3 is 1. The Morgan fingerprint density at radius 2 is 1.90 bits per heavy atom. The fraction of sp³-hybridized carbons (Fsp3) is 0.143. The van der Waals surface area contributed by atoms with Crippen molar-refractivity contribution in [1.82, 2.24) is 0 Å². The van der Waals surface area contributed by atoms with Gasteiger partial charge in [-0.05, 0) is 39.7 Å². The van der Waals surface area contributed by atoms with Crippen LogP contribution in [0.1, 0.15) is 17.2 Å². The summed E-state index contributed by atoms with van der Waals surface area (Å²) >= 11 is 12.7. The molecular formula is C14H11Br2ClFNO. The SMILES string of the molecule is COc1cc(F)c(Br)cc1C(N)c1ccc(Br)cc1Cl. The highest BCUT2D eigenvalue weighted by Gasteiger charge is 2.19. The smallest absolute Gasteiger partial charge is 0.141 e. The Morgan fingerprint density at radius 3 is 2.50 bits per heavy atom. The van der Waals surface area contributed by atoms with E-state index in [0.29, 0.717) is 20.8 Å². The van der Waals surface area contributed by atoms with Crippen LogP contribution < -0.4 is 10.5 Å². The van der Waals surface area contributed by atoms with Crippen molar-refractivity contribution in [2.75, 3.05) is 7.11 Å². The summed E-state index contributed by atoms with van der Waals surface area (Å²) in [5.41, 5.74) is 7.64. The summed E-state index contributed by atoms with van der Waals surface area (Å²) in [6.07, 6.45) is 0. The van der Waals surface area contributed by atoms with Crippen LogP contribution in [0.2, 0.25) is 5.02 Å².